The summed E-state index contributed by atoms with van der Waals surface area (Å²) >= 11 is 6.56. The van der Waals surface area contributed by atoms with Gasteiger partial charge in [0.05, 0.1) is 19.2 Å². The van der Waals surface area contributed by atoms with Crippen molar-refractivity contribution < 1.29 is 33.6 Å². The molecule has 7 nitrogen and oxygen atoms in total. The number of carbonyl (C=O) groups excluding carboxylic acids is 2. The van der Waals surface area contributed by atoms with Crippen molar-refractivity contribution in [2.24, 2.45) is 0 Å². The smallest absolute Gasteiger partial charge is 0.230 e. The molecule has 3 aromatic rings. The molecule has 3 rings (SSSR count). The minimum absolute atomic E-state index is 0.00640. The summed E-state index contributed by atoms with van der Waals surface area (Å²) in [6, 6.07) is 17.7. The lowest BCUT2D eigenvalue weighted by Gasteiger charge is -2.16. The Morgan fingerprint density at radius 2 is 1.34 bits per heavy atom. The van der Waals surface area contributed by atoms with Crippen LogP contribution in [0.5, 0.6) is 23.0 Å². The molecule has 0 radical (unpaired) electrons. The van der Waals surface area contributed by atoms with E-state index in [-0.39, 0.29) is 49.0 Å². The number of methoxy groups -OCH3 is 2. The van der Waals surface area contributed by atoms with Crippen molar-refractivity contribution >= 4 is 23.2 Å². The largest absolute Gasteiger partial charge is 0.497 e. The van der Waals surface area contributed by atoms with Crippen molar-refractivity contribution in [1.29, 1.82) is 0 Å². The Morgan fingerprint density at radius 1 is 0.800 bits per heavy atom. The number of benzene rings is 3. The lowest BCUT2D eigenvalue weighted by Crippen LogP contribution is -2.15. The van der Waals surface area contributed by atoms with Crippen LogP contribution in [0.2, 0.25) is 5.02 Å². The maximum Gasteiger partial charge on any atom is 0.230 e. The molecular weight excluding hydrogens is 472 g/mol. The van der Waals surface area contributed by atoms with Crippen LogP contribution in [0.4, 0.5) is 0 Å². The first-order chi connectivity index (χ1) is 17.0. The second-order valence-corrected chi connectivity index (χ2v) is 7.99. The Hall–Kier alpha value is -3.55. The number of hydrogen-bond acceptors (Lipinski definition) is 7. The van der Waals surface area contributed by atoms with Crippen LogP contribution in [0, 0.1) is 0 Å². The van der Waals surface area contributed by atoms with Gasteiger partial charge in [0.2, 0.25) is 11.6 Å². The average molecular weight is 499 g/mol. The van der Waals surface area contributed by atoms with Crippen LogP contribution in [0.1, 0.15) is 34.3 Å². The summed E-state index contributed by atoms with van der Waals surface area (Å²) in [4.78, 5) is 24.9. The molecule has 0 heterocycles. The lowest BCUT2D eigenvalue weighted by molar-refractivity contribution is -0.115. The highest BCUT2D eigenvalue weighted by Gasteiger charge is 2.24. The van der Waals surface area contributed by atoms with Gasteiger partial charge in [0.1, 0.15) is 24.7 Å². The molecule has 0 bridgehead atoms. The minimum atomic E-state index is -0.737. The summed E-state index contributed by atoms with van der Waals surface area (Å²) < 4.78 is 22.3. The number of ether oxygens (including phenoxy) is 4. The molecule has 0 aliphatic rings. The fourth-order valence-corrected chi connectivity index (χ4v) is 3.52. The number of rotatable bonds is 13. The SMILES string of the molecule is COc1ccc(COc2ccc(C(=O)C(=O)CCCO)c(Cl)c2OCc2ccc(OC)cc2)cc1. The van der Waals surface area contributed by atoms with Crippen molar-refractivity contribution in [1.82, 2.24) is 0 Å². The van der Waals surface area contributed by atoms with Crippen LogP contribution in [0.25, 0.3) is 0 Å². The summed E-state index contributed by atoms with van der Waals surface area (Å²) in [6.07, 6.45) is 0.134. The molecule has 1 N–H and O–H groups in total. The topological polar surface area (TPSA) is 91.3 Å². The molecule has 0 spiro atoms. The molecule has 0 aliphatic heterocycles. The quantitative estimate of drug-likeness (QED) is 0.261. The van der Waals surface area contributed by atoms with E-state index in [9.17, 15) is 9.59 Å². The van der Waals surface area contributed by atoms with Gasteiger partial charge in [-0.25, -0.2) is 0 Å². The number of ketones is 2. The number of halogens is 1. The van der Waals surface area contributed by atoms with Crippen molar-refractivity contribution in [3.63, 3.8) is 0 Å². The molecule has 3 aromatic carbocycles. The molecule has 0 saturated heterocycles. The molecule has 0 saturated carbocycles. The third-order valence-corrected chi connectivity index (χ3v) is 5.59. The van der Waals surface area contributed by atoms with E-state index >= 15 is 0 Å². The van der Waals surface area contributed by atoms with E-state index in [1.54, 1.807) is 32.4 Å². The molecule has 0 unspecified atom stereocenters. The van der Waals surface area contributed by atoms with Gasteiger partial charge in [0.25, 0.3) is 0 Å². The van der Waals surface area contributed by atoms with Crippen LogP contribution >= 0.6 is 11.6 Å². The Labute approximate surface area is 209 Å². The highest BCUT2D eigenvalue weighted by Crippen LogP contribution is 2.39. The maximum absolute atomic E-state index is 12.7. The predicted octanol–water partition coefficient (Wildman–Crippen LogP) is 5.04. The number of hydrogen-bond donors (Lipinski definition) is 1. The number of aliphatic hydroxyl groups is 1. The van der Waals surface area contributed by atoms with E-state index < -0.39 is 11.6 Å². The number of aliphatic hydroxyl groups excluding tert-OH is 1. The van der Waals surface area contributed by atoms with Gasteiger partial charge in [0, 0.05) is 18.6 Å². The average Bonchev–Trinajstić information content (AvgIpc) is 2.90. The molecule has 0 fully saturated rings. The van der Waals surface area contributed by atoms with Gasteiger partial charge < -0.3 is 24.1 Å². The zero-order chi connectivity index (χ0) is 25.2. The lowest BCUT2D eigenvalue weighted by atomic mass is 10.0. The van der Waals surface area contributed by atoms with E-state index in [1.165, 1.54) is 6.07 Å². The molecule has 8 heteroatoms. The third kappa shape index (κ3) is 6.97. The molecule has 0 amide bonds. The van der Waals surface area contributed by atoms with E-state index in [0.717, 1.165) is 16.9 Å². The summed E-state index contributed by atoms with van der Waals surface area (Å²) in [6.45, 7) is 0.196. The van der Waals surface area contributed by atoms with Crippen molar-refractivity contribution in [2.75, 3.05) is 20.8 Å². The van der Waals surface area contributed by atoms with Gasteiger partial charge in [-0.3, -0.25) is 9.59 Å². The molecule has 0 aliphatic carbocycles. The Bertz CT molecular complexity index is 1140. The summed E-state index contributed by atoms with van der Waals surface area (Å²) in [5, 5.41) is 8.95. The normalized spacial score (nSPS) is 10.5. The van der Waals surface area contributed by atoms with Gasteiger partial charge in [-0.05, 0) is 53.9 Å². The van der Waals surface area contributed by atoms with Crippen LogP contribution < -0.4 is 18.9 Å². The van der Waals surface area contributed by atoms with Gasteiger partial charge in [0.15, 0.2) is 11.5 Å². The molecular formula is C27H27ClO7. The Balaban J connectivity index is 1.85. The van der Waals surface area contributed by atoms with Gasteiger partial charge in [-0.2, -0.15) is 0 Å². The fraction of sp³-hybridized carbons (Fsp3) is 0.259. The van der Waals surface area contributed by atoms with Gasteiger partial charge >= 0.3 is 0 Å². The fourth-order valence-electron chi connectivity index (χ4n) is 3.23. The zero-order valence-corrected chi connectivity index (χ0v) is 20.3. The molecule has 184 valence electrons. The summed E-state index contributed by atoms with van der Waals surface area (Å²) in [5.41, 5.74) is 1.76. The highest BCUT2D eigenvalue weighted by molar-refractivity contribution is 6.48. The van der Waals surface area contributed by atoms with Crippen molar-refractivity contribution in [3.8, 4) is 23.0 Å². The summed E-state index contributed by atoms with van der Waals surface area (Å²) in [7, 11) is 3.18. The standard InChI is InChI=1S/C27H27ClO7/c1-32-20-9-5-18(6-10-20)16-34-24-14-13-22(26(31)23(30)4-3-15-29)25(28)27(24)35-17-19-7-11-21(33-2)12-8-19/h5-14,29H,3-4,15-17H2,1-2H3. The summed E-state index contributed by atoms with van der Waals surface area (Å²) in [5.74, 6) is 0.571. The van der Waals surface area contributed by atoms with Crippen LogP contribution in [0.15, 0.2) is 60.7 Å². The first kappa shape index (κ1) is 26.1. The molecule has 0 aromatic heterocycles. The van der Waals surface area contributed by atoms with Crippen molar-refractivity contribution in [2.45, 2.75) is 26.1 Å². The monoisotopic (exact) mass is 498 g/mol. The van der Waals surface area contributed by atoms with Crippen LogP contribution in [-0.4, -0.2) is 37.5 Å². The zero-order valence-electron chi connectivity index (χ0n) is 19.6. The van der Waals surface area contributed by atoms with E-state index in [1.807, 2.05) is 36.4 Å². The van der Waals surface area contributed by atoms with E-state index in [0.29, 0.717) is 11.5 Å². The second-order valence-electron chi connectivity index (χ2n) is 7.61. The van der Waals surface area contributed by atoms with Crippen molar-refractivity contribution in [3.05, 3.63) is 82.4 Å². The maximum atomic E-state index is 12.7. The Morgan fingerprint density at radius 3 is 1.86 bits per heavy atom. The first-order valence-corrected chi connectivity index (χ1v) is 11.4. The van der Waals surface area contributed by atoms with Crippen LogP contribution in [0.3, 0.4) is 0 Å². The predicted molar refractivity (Wildman–Crippen MR) is 132 cm³/mol. The number of Topliss-reactive ketones (excluding diaryl/α,β-unsaturated/α-hetero) is 2. The molecule has 35 heavy (non-hydrogen) atoms. The molecule has 0 atom stereocenters. The Kier molecular flexibility index (Phi) is 9.52. The highest BCUT2D eigenvalue weighted by atomic mass is 35.5. The van der Waals surface area contributed by atoms with Crippen LogP contribution in [-0.2, 0) is 18.0 Å². The first-order valence-electron chi connectivity index (χ1n) is 11.0. The van der Waals surface area contributed by atoms with Gasteiger partial charge in [-0.15, -0.1) is 0 Å². The minimum Gasteiger partial charge on any atom is -0.497 e. The third-order valence-electron chi connectivity index (χ3n) is 5.22. The second kappa shape index (κ2) is 12.8. The van der Waals surface area contributed by atoms with E-state index in [2.05, 4.69) is 0 Å². The number of carbonyl (C=O) groups is 2. The van der Waals surface area contributed by atoms with Gasteiger partial charge in [-0.1, -0.05) is 35.9 Å². The van der Waals surface area contributed by atoms with E-state index in [4.69, 9.17) is 35.7 Å².